The lowest BCUT2D eigenvalue weighted by Crippen LogP contribution is -2.15. The zero-order chi connectivity index (χ0) is 18.1. The van der Waals surface area contributed by atoms with Gasteiger partial charge < -0.3 is 5.32 Å². The molecule has 5 nitrogen and oxygen atoms in total. The minimum atomic E-state index is -0.0627. The maximum Gasteiger partial charge on any atom is 0.234 e. The number of thioether (sulfide) groups is 1. The summed E-state index contributed by atoms with van der Waals surface area (Å²) in [6, 6.07) is 17.9. The molecule has 0 saturated heterocycles. The van der Waals surface area contributed by atoms with Gasteiger partial charge in [0.1, 0.15) is 0 Å². The number of hydrogen-bond donors (Lipinski definition) is 1. The van der Waals surface area contributed by atoms with Crippen molar-refractivity contribution in [1.82, 2.24) is 14.6 Å². The van der Waals surface area contributed by atoms with Gasteiger partial charge in [0.25, 0.3) is 0 Å². The van der Waals surface area contributed by atoms with Crippen molar-refractivity contribution in [2.75, 3.05) is 11.1 Å². The molecule has 0 unspecified atom stereocenters. The van der Waals surface area contributed by atoms with E-state index in [9.17, 15) is 4.79 Å². The van der Waals surface area contributed by atoms with Crippen molar-refractivity contribution in [3.05, 3.63) is 63.7 Å². The Morgan fingerprint density at radius 2 is 1.92 bits per heavy atom. The Bertz CT molecular complexity index is 1130. The van der Waals surface area contributed by atoms with E-state index in [1.807, 2.05) is 46.9 Å². The summed E-state index contributed by atoms with van der Waals surface area (Å²) in [5.74, 6) is 0.209. The smallest absolute Gasteiger partial charge is 0.234 e. The Morgan fingerprint density at radius 1 is 1.15 bits per heavy atom. The molecule has 0 fully saturated rings. The maximum atomic E-state index is 12.3. The third-order valence-corrected chi connectivity index (χ3v) is 5.92. The molecule has 0 aliphatic heterocycles. The molecule has 0 saturated carbocycles. The largest absolute Gasteiger partial charge is 0.324 e. The Hall–Kier alpha value is -2.13. The summed E-state index contributed by atoms with van der Waals surface area (Å²) in [6.07, 6.45) is 0. The van der Waals surface area contributed by atoms with Gasteiger partial charge in [-0.25, -0.2) is 0 Å². The second-order valence-electron chi connectivity index (χ2n) is 5.84. The third kappa shape index (κ3) is 3.28. The number of nitrogens with one attached hydrogen (secondary N) is 1. The highest BCUT2D eigenvalue weighted by molar-refractivity contribution is 14.1. The van der Waals surface area contributed by atoms with Crippen molar-refractivity contribution in [1.29, 1.82) is 0 Å². The molecule has 0 aliphatic rings. The van der Waals surface area contributed by atoms with Crippen molar-refractivity contribution in [3.8, 4) is 0 Å². The van der Waals surface area contributed by atoms with Gasteiger partial charge in [0.2, 0.25) is 5.91 Å². The first kappa shape index (κ1) is 17.3. The summed E-state index contributed by atoms with van der Waals surface area (Å²) in [5, 5.41) is 13.4. The highest BCUT2D eigenvalue weighted by Gasteiger charge is 2.13. The molecule has 2 heterocycles. The molecule has 2 aromatic heterocycles. The van der Waals surface area contributed by atoms with E-state index in [4.69, 9.17) is 0 Å². The first-order valence-electron chi connectivity index (χ1n) is 8.04. The molecule has 0 spiro atoms. The summed E-state index contributed by atoms with van der Waals surface area (Å²) < 4.78 is 3.02. The number of halogens is 1. The molecule has 1 N–H and O–H groups in total. The first-order chi connectivity index (χ1) is 12.6. The fourth-order valence-electron chi connectivity index (χ4n) is 2.85. The first-order valence-corrected chi connectivity index (χ1v) is 10.1. The lowest BCUT2D eigenvalue weighted by atomic mass is 10.1. The normalized spacial score (nSPS) is 11.2. The van der Waals surface area contributed by atoms with Crippen LogP contribution in [0.1, 0.15) is 5.56 Å². The molecule has 1 amide bonds. The van der Waals surface area contributed by atoms with E-state index >= 15 is 0 Å². The monoisotopic (exact) mass is 474 g/mol. The average Bonchev–Trinajstić information content (AvgIpc) is 3.05. The van der Waals surface area contributed by atoms with E-state index in [1.165, 1.54) is 11.8 Å². The van der Waals surface area contributed by atoms with E-state index < -0.39 is 0 Å². The number of pyridine rings is 1. The van der Waals surface area contributed by atoms with Gasteiger partial charge in [-0.1, -0.05) is 42.1 Å². The maximum absolute atomic E-state index is 12.3. The molecular weight excluding hydrogens is 459 g/mol. The summed E-state index contributed by atoms with van der Waals surface area (Å²) >= 11 is 3.59. The number of anilines is 1. The van der Waals surface area contributed by atoms with E-state index in [-0.39, 0.29) is 11.7 Å². The predicted octanol–water partition coefficient (Wildman–Crippen LogP) is 4.53. The van der Waals surface area contributed by atoms with Crippen molar-refractivity contribution in [3.63, 3.8) is 0 Å². The molecule has 4 aromatic rings. The van der Waals surface area contributed by atoms with Crippen LogP contribution in [0.15, 0.2) is 59.8 Å². The van der Waals surface area contributed by atoms with Gasteiger partial charge in [-0.15, -0.1) is 10.2 Å². The summed E-state index contributed by atoms with van der Waals surface area (Å²) in [5.41, 5.74) is 3.83. The summed E-state index contributed by atoms with van der Waals surface area (Å²) in [7, 11) is 0. The van der Waals surface area contributed by atoms with Crippen LogP contribution >= 0.6 is 34.4 Å². The summed E-state index contributed by atoms with van der Waals surface area (Å²) in [6.45, 7) is 2.07. The number of para-hydroxylation sites is 2. The van der Waals surface area contributed by atoms with E-state index in [1.54, 1.807) is 0 Å². The lowest BCUT2D eigenvalue weighted by molar-refractivity contribution is -0.113. The van der Waals surface area contributed by atoms with E-state index in [2.05, 4.69) is 57.2 Å². The predicted molar refractivity (Wildman–Crippen MR) is 114 cm³/mol. The van der Waals surface area contributed by atoms with Crippen LogP contribution in [0.5, 0.6) is 0 Å². The molecule has 26 heavy (non-hydrogen) atoms. The minimum Gasteiger partial charge on any atom is -0.324 e. The average molecular weight is 474 g/mol. The number of rotatable bonds is 4. The number of carbonyl (C=O) groups excluding carboxylic acids is 1. The quantitative estimate of drug-likeness (QED) is 0.349. The summed E-state index contributed by atoms with van der Waals surface area (Å²) in [4.78, 5) is 12.3. The highest BCUT2D eigenvalue weighted by atomic mass is 127. The van der Waals surface area contributed by atoms with Gasteiger partial charge in [0.15, 0.2) is 10.8 Å². The van der Waals surface area contributed by atoms with E-state index in [0.29, 0.717) is 5.16 Å². The standard InChI is InChI=1S/C19H15IN4OS/c1-12-10-17-22-23-19(24(17)16-9-5-2-6-13(12)16)26-11-18(25)21-15-8-4-3-7-14(15)20/h2-10H,11H2,1H3,(H,21,25). The van der Waals surface area contributed by atoms with Gasteiger partial charge in [0.05, 0.1) is 17.0 Å². The van der Waals surface area contributed by atoms with Crippen LogP contribution in [-0.4, -0.2) is 26.3 Å². The number of hydrogen-bond acceptors (Lipinski definition) is 4. The van der Waals surface area contributed by atoms with Gasteiger partial charge in [-0.3, -0.25) is 9.20 Å². The van der Waals surface area contributed by atoms with Crippen molar-refractivity contribution in [2.24, 2.45) is 0 Å². The van der Waals surface area contributed by atoms with Crippen LogP contribution in [0.25, 0.3) is 16.6 Å². The van der Waals surface area contributed by atoms with Crippen LogP contribution in [-0.2, 0) is 4.79 Å². The van der Waals surface area contributed by atoms with Crippen molar-refractivity contribution in [2.45, 2.75) is 12.1 Å². The minimum absolute atomic E-state index is 0.0627. The SMILES string of the molecule is Cc1cc2nnc(SCC(=O)Nc3ccccc3I)n2c2ccccc12. The van der Waals surface area contributed by atoms with Crippen LogP contribution in [0.2, 0.25) is 0 Å². The molecule has 7 heteroatoms. The highest BCUT2D eigenvalue weighted by Crippen LogP contribution is 2.26. The number of nitrogens with zero attached hydrogens (tertiary/aromatic N) is 3. The molecule has 4 rings (SSSR count). The Balaban J connectivity index is 1.59. The molecule has 130 valence electrons. The fraction of sp³-hybridized carbons (Fsp3) is 0.105. The molecule has 2 aromatic carbocycles. The molecule has 0 aliphatic carbocycles. The van der Waals surface area contributed by atoms with Crippen molar-refractivity contribution < 1.29 is 4.79 Å². The molecule has 0 bridgehead atoms. The van der Waals surface area contributed by atoms with Gasteiger partial charge in [0, 0.05) is 8.96 Å². The number of amides is 1. The van der Waals surface area contributed by atoms with Gasteiger partial charge in [-0.05, 0) is 59.3 Å². The number of fused-ring (bicyclic) bond motifs is 3. The molecule has 0 atom stereocenters. The van der Waals surface area contributed by atoms with Crippen LogP contribution in [0.4, 0.5) is 5.69 Å². The second kappa shape index (κ2) is 7.24. The van der Waals surface area contributed by atoms with Crippen molar-refractivity contribution >= 4 is 62.5 Å². The number of benzene rings is 2. The third-order valence-electron chi connectivity index (χ3n) is 4.05. The van der Waals surface area contributed by atoms with Crippen LogP contribution in [0, 0.1) is 10.5 Å². The second-order valence-corrected chi connectivity index (χ2v) is 7.94. The zero-order valence-electron chi connectivity index (χ0n) is 13.9. The lowest BCUT2D eigenvalue weighted by Gasteiger charge is -2.08. The van der Waals surface area contributed by atoms with E-state index in [0.717, 1.165) is 31.4 Å². The number of carbonyl (C=O) groups is 1. The topological polar surface area (TPSA) is 59.3 Å². The zero-order valence-corrected chi connectivity index (χ0v) is 16.9. The van der Waals surface area contributed by atoms with Gasteiger partial charge >= 0.3 is 0 Å². The Labute approximate surface area is 168 Å². The van der Waals surface area contributed by atoms with Gasteiger partial charge in [-0.2, -0.15) is 0 Å². The number of aromatic nitrogens is 3. The Morgan fingerprint density at radius 3 is 2.77 bits per heavy atom. The van der Waals surface area contributed by atoms with Crippen LogP contribution in [0.3, 0.4) is 0 Å². The molecular formula is C19H15IN4OS. The number of aryl methyl sites for hydroxylation is 1. The Kier molecular flexibility index (Phi) is 4.82. The fourth-order valence-corrected chi connectivity index (χ4v) is 4.12. The molecule has 0 radical (unpaired) electrons. The van der Waals surface area contributed by atoms with Crippen LogP contribution < -0.4 is 5.32 Å².